The van der Waals surface area contributed by atoms with Crippen LogP contribution in [0.4, 0.5) is 10.5 Å². The lowest BCUT2D eigenvalue weighted by Crippen LogP contribution is -2.52. The zero-order valence-corrected chi connectivity index (χ0v) is 15.4. The van der Waals surface area contributed by atoms with Crippen LogP contribution < -0.4 is 10.6 Å². The third-order valence-corrected chi connectivity index (χ3v) is 4.18. The molecule has 2 heterocycles. The van der Waals surface area contributed by atoms with Crippen LogP contribution in [0.2, 0.25) is 0 Å². The van der Waals surface area contributed by atoms with Crippen LogP contribution in [0.15, 0.2) is 42.7 Å². The summed E-state index contributed by atoms with van der Waals surface area (Å²) in [5.74, 6) is -0.163. The van der Waals surface area contributed by atoms with Crippen LogP contribution in [-0.4, -0.2) is 44.7 Å². The Bertz CT molecular complexity index is 779. The summed E-state index contributed by atoms with van der Waals surface area (Å²) in [6.45, 7) is 6.37. The molecule has 3 amide bonds. The zero-order chi connectivity index (χ0) is 18.7. The smallest absolute Gasteiger partial charge is 0.318 e. The summed E-state index contributed by atoms with van der Waals surface area (Å²) in [6.07, 6.45) is 5.04. The third-order valence-electron chi connectivity index (χ3n) is 4.18. The van der Waals surface area contributed by atoms with Crippen molar-refractivity contribution in [2.24, 2.45) is 0 Å². The first-order chi connectivity index (χ1) is 12.3. The van der Waals surface area contributed by atoms with Gasteiger partial charge in [-0.1, -0.05) is 6.07 Å². The number of carbonyl (C=O) groups is 2. The summed E-state index contributed by atoms with van der Waals surface area (Å²) in [5.41, 5.74) is 1.21. The van der Waals surface area contributed by atoms with Crippen LogP contribution in [0.25, 0.3) is 5.69 Å². The van der Waals surface area contributed by atoms with Crippen molar-refractivity contribution in [2.45, 2.75) is 45.2 Å². The fourth-order valence-corrected chi connectivity index (χ4v) is 3.05. The largest absolute Gasteiger partial charge is 0.333 e. The molecule has 26 heavy (non-hydrogen) atoms. The van der Waals surface area contributed by atoms with E-state index in [4.69, 9.17) is 0 Å². The number of nitrogens with zero attached hydrogens (tertiary/aromatic N) is 3. The Labute approximate surface area is 153 Å². The van der Waals surface area contributed by atoms with E-state index in [1.807, 2.05) is 57.3 Å². The molecule has 2 aromatic rings. The van der Waals surface area contributed by atoms with Gasteiger partial charge in [-0.15, -0.1) is 0 Å². The Balaban J connectivity index is 1.69. The highest BCUT2D eigenvalue weighted by molar-refractivity contribution is 5.97. The molecule has 1 aliphatic heterocycles. The zero-order valence-electron chi connectivity index (χ0n) is 15.4. The molecule has 1 atom stereocenters. The van der Waals surface area contributed by atoms with E-state index in [1.165, 1.54) is 0 Å². The molecule has 7 nitrogen and oxygen atoms in total. The first kappa shape index (κ1) is 18.0. The van der Waals surface area contributed by atoms with Crippen molar-refractivity contribution in [3.05, 3.63) is 42.7 Å². The normalized spacial score (nSPS) is 17.2. The third kappa shape index (κ3) is 4.22. The van der Waals surface area contributed by atoms with Gasteiger partial charge in [-0.2, -0.15) is 5.10 Å². The van der Waals surface area contributed by atoms with Crippen molar-refractivity contribution in [1.82, 2.24) is 20.0 Å². The predicted octanol–water partition coefficient (Wildman–Crippen LogP) is 2.78. The number of hydrogen-bond donors (Lipinski definition) is 2. The summed E-state index contributed by atoms with van der Waals surface area (Å²) < 4.78 is 1.73. The number of nitrogens with one attached hydrogen (secondary N) is 2. The van der Waals surface area contributed by atoms with E-state index >= 15 is 0 Å². The van der Waals surface area contributed by atoms with Crippen molar-refractivity contribution < 1.29 is 9.59 Å². The van der Waals surface area contributed by atoms with Gasteiger partial charge < -0.3 is 15.5 Å². The van der Waals surface area contributed by atoms with E-state index in [2.05, 4.69) is 15.7 Å². The minimum absolute atomic E-state index is 0.163. The Morgan fingerprint density at radius 1 is 1.23 bits per heavy atom. The Morgan fingerprint density at radius 2 is 2.04 bits per heavy atom. The maximum atomic E-state index is 12.7. The van der Waals surface area contributed by atoms with Crippen molar-refractivity contribution in [1.29, 1.82) is 0 Å². The van der Waals surface area contributed by atoms with Crippen LogP contribution >= 0.6 is 0 Å². The second-order valence-corrected chi connectivity index (χ2v) is 7.52. The maximum Gasteiger partial charge on any atom is 0.318 e. The van der Waals surface area contributed by atoms with Gasteiger partial charge in [-0.25, -0.2) is 9.48 Å². The maximum absolute atomic E-state index is 12.7. The van der Waals surface area contributed by atoms with E-state index in [0.717, 1.165) is 12.1 Å². The lowest BCUT2D eigenvalue weighted by Gasteiger charge is -2.29. The fraction of sp³-hybridized carbons (Fsp3) is 0.421. The number of rotatable bonds is 3. The molecule has 0 radical (unpaired) electrons. The van der Waals surface area contributed by atoms with E-state index in [9.17, 15) is 9.59 Å². The van der Waals surface area contributed by atoms with E-state index in [-0.39, 0.29) is 17.5 Å². The second-order valence-electron chi connectivity index (χ2n) is 7.52. The summed E-state index contributed by atoms with van der Waals surface area (Å²) >= 11 is 0. The quantitative estimate of drug-likeness (QED) is 0.888. The number of anilines is 1. The lowest BCUT2D eigenvalue weighted by molar-refractivity contribution is -0.119. The van der Waals surface area contributed by atoms with Gasteiger partial charge in [-0.3, -0.25) is 4.79 Å². The lowest BCUT2D eigenvalue weighted by atomic mass is 10.1. The fourth-order valence-electron chi connectivity index (χ4n) is 3.05. The molecule has 1 aromatic carbocycles. The summed E-state index contributed by atoms with van der Waals surface area (Å²) in [5, 5.41) is 10.1. The van der Waals surface area contributed by atoms with Crippen molar-refractivity contribution in [2.75, 3.05) is 11.9 Å². The average Bonchev–Trinajstić information content (AvgIpc) is 3.25. The molecule has 138 valence electrons. The standard InChI is InChI=1S/C19H25N5O2/c1-19(2,3)22-18(26)23-11-5-9-16(23)17(25)21-14-7-4-8-15(13-14)24-12-6-10-20-24/h4,6-8,10,12-13,16H,5,9,11H2,1-3H3,(H,21,25)(H,22,26). The van der Waals surface area contributed by atoms with Gasteiger partial charge >= 0.3 is 6.03 Å². The van der Waals surface area contributed by atoms with Gasteiger partial charge in [0.05, 0.1) is 5.69 Å². The number of benzene rings is 1. The predicted molar refractivity (Wildman–Crippen MR) is 100 cm³/mol. The minimum Gasteiger partial charge on any atom is -0.333 e. The summed E-state index contributed by atoms with van der Waals surface area (Å²) in [7, 11) is 0. The molecular formula is C19H25N5O2. The van der Waals surface area contributed by atoms with Gasteiger partial charge in [0.15, 0.2) is 0 Å². The first-order valence-corrected chi connectivity index (χ1v) is 8.83. The molecule has 7 heteroatoms. The molecule has 2 N–H and O–H groups in total. The molecule has 1 aliphatic rings. The summed E-state index contributed by atoms with van der Waals surface area (Å²) in [6, 6.07) is 8.67. The minimum atomic E-state index is -0.453. The Hall–Kier alpha value is -2.83. The molecular weight excluding hydrogens is 330 g/mol. The van der Waals surface area contributed by atoms with E-state index in [1.54, 1.807) is 15.8 Å². The monoisotopic (exact) mass is 355 g/mol. The Morgan fingerprint density at radius 3 is 2.73 bits per heavy atom. The highest BCUT2D eigenvalue weighted by Crippen LogP contribution is 2.21. The SMILES string of the molecule is CC(C)(C)NC(=O)N1CCCC1C(=O)Nc1cccc(-n2cccn2)c1. The Kier molecular flexibility index (Phi) is 4.97. The van der Waals surface area contributed by atoms with Gasteiger partial charge in [0.1, 0.15) is 6.04 Å². The topological polar surface area (TPSA) is 79.3 Å². The average molecular weight is 355 g/mol. The highest BCUT2D eigenvalue weighted by atomic mass is 16.2. The van der Waals surface area contributed by atoms with Crippen LogP contribution in [0.1, 0.15) is 33.6 Å². The molecule has 1 aromatic heterocycles. The van der Waals surface area contributed by atoms with Gasteiger partial charge in [0.25, 0.3) is 0 Å². The number of amides is 3. The van der Waals surface area contributed by atoms with Crippen LogP contribution in [0.3, 0.4) is 0 Å². The molecule has 0 aliphatic carbocycles. The molecule has 1 saturated heterocycles. The molecule has 1 fully saturated rings. The van der Waals surface area contributed by atoms with Gasteiger partial charge in [0.2, 0.25) is 5.91 Å². The molecule has 1 unspecified atom stereocenters. The van der Waals surface area contributed by atoms with Crippen molar-refractivity contribution in [3.63, 3.8) is 0 Å². The highest BCUT2D eigenvalue weighted by Gasteiger charge is 2.35. The van der Waals surface area contributed by atoms with Crippen molar-refractivity contribution >= 4 is 17.6 Å². The summed E-state index contributed by atoms with van der Waals surface area (Å²) in [4.78, 5) is 26.8. The van der Waals surface area contributed by atoms with Crippen LogP contribution in [-0.2, 0) is 4.79 Å². The van der Waals surface area contributed by atoms with Crippen molar-refractivity contribution in [3.8, 4) is 5.69 Å². The number of aromatic nitrogens is 2. The molecule has 0 spiro atoms. The molecule has 3 rings (SSSR count). The second kappa shape index (κ2) is 7.19. The number of likely N-dealkylation sites (tertiary alicyclic amines) is 1. The number of urea groups is 1. The van der Waals surface area contributed by atoms with Gasteiger partial charge in [0, 0.05) is 30.2 Å². The molecule has 0 saturated carbocycles. The van der Waals surface area contributed by atoms with E-state index < -0.39 is 6.04 Å². The van der Waals surface area contributed by atoms with Crippen LogP contribution in [0, 0.1) is 0 Å². The van der Waals surface area contributed by atoms with Gasteiger partial charge in [-0.05, 0) is 57.9 Å². The first-order valence-electron chi connectivity index (χ1n) is 8.83. The van der Waals surface area contributed by atoms with E-state index in [0.29, 0.717) is 18.7 Å². The number of carbonyl (C=O) groups excluding carboxylic acids is 2. The number of hydrogen-bond acceptors (Lipinski definition) is 3. The molecule has 0 bridgehead atoms. The van der Waals surface area contributed by atoms with Crippen LogP contribution in [0.5, 0.6) is 0 Å².